The molecule has 4 heterocycles. The smallest absolute Gasteiger partial charge is 0.343 e. The van der Waals surface area contributed by atoms with Crippen molar-refractivity contribution in [3.63, 3.8) is 0 Å². The molecule has 8 nitrogen and oxygen atoms in total. The highest BCUT2D eigenvalue weighted by Gasteiger charge is 2.45. The van der Waals surface area contributed by atoms with Crippen LogP contribution >= 0.6 is 0 Å². The van der Waals surface area contributed by atoms with E-state index in [9.17, 15) is 19.8 Å². The summed E-state index contributed by atoms with van der Waals surface area (Å²) in [6, 6.07) is 6.46. The third-order valence-corrected chi connectivity index (χ3v) is 5.64. The fourth-order valence-electron chi connectivity index (χ4n) is 4.09. The van der Waals surface area contributed by atoms with Gasteiger partial charge in [0.25, 0.3) is 5.56 Å². The summed E-state index contributed by atoms with van der Waals surface area (Å²) in [6.07, 6.45) is 0.0874. The first-order valence-electron chi connectivity index (χ1n) is 8.92. The lowest BCUT2D eigenvalue weighted by atomic mass is 9.86. The van der Waals surface area contributed by atoms with Gasteiger partial charge in [0.05, 0.1) is 29.0 Å². The first kappa shape index (κ1) is 16.8. The Hall–Kier alpha value is -3.39. The number of carbonyl (C=O) groups excluding carboxylic acids is 1. The standard InChI is InChI=1S/C20H17N3O5/c1-2-20(27)13-6-16-17-9(3-11-14(21)4-10(24)5-15(11)22-17)7-23(16)18(25)12(13)8-28-19(20)26/h3-6,24,27H,2,7-8,21H2,1H3/t20-/m0/s1. The van der Waals surface area contributed by atoms with Crippen molar-refractivity contribution in [3.8, 4) is 17.1 Å². The third kappa shape index (κ3) is 2.00. The number of anilines is 1. The lowest BCUT2D eigenvalue weighted by Gasteiger charge is -2.31. The maximum absolute atomic E-state index is 13.1. The van der Waals surface area contributed by atoms with Crippen LogP contribution in [0.1, 0.15) is 30.0 Å². The van der Waals surface area contributed by atoms with Crippen molar-refractivity contribution in [2.24, 2.45) is 0 Å². The van der Waals surface area contributed by atoms with Crippen LogP contribution in [0.15, 0.2) is 29.1 Å². The lowest BCUT2D eigenvalue weighted by Crippen LogP contribution is -2.44. The average Bonchev–Trinajstić information content (AvgIpc) is 3.02. The van der Waals surface area contributed by atoms with Gasteiger partial charge in [-0.25, -0.2) is 9.78 Å². The Kier molecular flexibility index (Phi) is 3.19. The number of nitrogens with two attached hydrogens (primary N) is 1. The van der Waals surface area contributed by atoms with Crippen molar-refractivity contribution in [3.05, 3.63) is 51.3 Å². The molecule has 1 aromatic carbocycles. The molecular formula is C20H17N3O5. The molecule has 2 aliphatic rings. The number of aromatic nitrogens is 2. The lowest BCUT2D eigenvalue weighted by molar-refractivity contribution is -0.172. The minimum atomic E-state index is -1.86. The van der Waals surface area contributed by atoms with Crippen molar-refractivity contribution in [2.75, 3.05) is 5.73 Å². The largest absolute Gasteiger partial charge is 0.508 e. The molecule has 2 aliphatic heterocycles. The number of pyridine rings is 2. The van der Waals surface area contributed by atoms with Crippen LogP contribution in [-0.4, -0.2) is 25.7 Å². The summed E-state index contributed by atoms with van der Waals surface area (Å²) in [5.74, 6) is -0.754. The summed E-state index contributed by atoms with van der Waals surface area (Å²) < 4.78 is 6.61. The number of phenols is 1. The molecule has 0 saturated carbocycles. The number of fused-ring (bicyclic) bond motifs is 5. The topological polar surface area (TPSA) is 128 Å². The predicted molar refractivity (Wildman–Crippen MR) is 101 cm³/mol. The minimum absolute atomic E-state index is 0.00128. The fourth-order valence-corrected chi connectivity index (χ4v) is 4.09. The molecule has 0 amide bonds. The van der Waals surface area contributed by atoms with Gasteiger partial charge in [-0.2, -0.15) is 0 Å². The molecule has 0 radical (unpaired) electrons. The Morgan fingerprint density at radius 2 is 2.07 bits per heavy atom. The highest BCUT2D eigenvalue weighted by atomic mass is 16.6. The molecule has 0 bridgehead atoms. The van der Waals surface area contributed by atoms with E-state index in [1.165, 1.54) is 12.1 Å². The van der Waals surface area contributed by atoms with Crippen molar-refractivity contribution in [1.82, 2.24) is 9.55 Å². The van der Waals surface area contributed by atoms with Crippen LogP contribution in [0.2, 0.25) is 0 Å². The van der Waals surface area contributed by atoms with Gasteiger partial charge in [0.2, 0.25) is 0 Å². The zero-order valence-electron chi connectivity index (χ0n) is 15.0. The highest BCUT2D eigenvalue weighted by molar-refractivity contribution is 5.94. The second kappa shape index (κ2) is 5.32. The number of nitrogen functional groups attached to an aromatic ring is 1. The van der Waals surface area contributed by atoms with E-state index in [4.69, 9.17) is 10.5 Å². The van der Waals surface area contributed by atoms with E-state index in [0.29, 0.717) is 34.5 Å². The van der Waals surface area contributed by atoms with Crippen molar-refractivity contribution in [2.45, 2.75) is 32.1 Å². The normalized spacial score (nSPS) is 19.9. The first-order valence-corrected chi connectivity index (χ1v) is 8.92. The molecule has 0 spiro atoms. The van der Waals surface area contributed by atoms with Gasteiger partial charge in [0.15, 0.2) is 5.60 Å². The van der Waals surface area contributed by atoms with E-state index in [-0.39, 0.29) is 35.5 Å². The Morgan fingerprint density at radius 1 is 1.29 bits per heavy atom. The average molecular weight is 379 g/mol. The number of hydrogen-bond donors (Lipinski definition) is 3. The zero-order chi connectivity index (χ0) is 19.8. The quantitative estimate of drug-likeness (QED) is 0.337. The van der Waals surface area contributed by atoms with Gasteiger partial charge in [0.1, 0.15) is 12.4 Å². The number of phenolic OH excluding ortho intramolecular Hbond substituents is 1. The number of hydrogen-bond acceptors (Lipinski definition) is 7. The number of aliphatic hydroxyl groups is 1. The van der Waals surface area contributed by atoms with Gasteiger partial charge >= 0.3 is 5.97 Å². The maximum Gasteiger partial charge on any atom is 0.343 e. The molecule has 8 heteroatoms. The molecule has 5 rings (SSSR count). The number of esters is 1. The molecule has 28 heavy (non-hydrogen) atoms. The molecule has 0 saturated heterocycles. The summed E-state index contributed by atoms with van der Waals surface area (Å²) in [5, 5.41) is 21.4. The van der Waals surface area contributed by atoms with E-state index >= 15 is 0 Å². The first-order chi connectivity index (χ1) is 13.3. The summed E-state index contributed by atoms with van der Waals surface area (Å²) in [5.41, 5.74) is 7.16. The number of ether oxygens (including phenoxy) is 1. The number of rotatable bonds is 1. The van der Waals surface area contributed by atoms with Crippen LogP contribution in [0, 0.1) is 0 Å². The van der Waals surface area contributed by atoms with E-state index in [2.05, 4.69) is 4.98 Å². The van der Waals surface area contributed by atoms with E-state index < -0.39 is 11.6 Å². The monoisotopic (exact) mass is 379 g/mol. The van der Waals surface area contributed by atoms with E-state index in [1.807, 2.05) is 6.07 Å². The van der Waals surface area contributed by atoms with Crippen LogP contribution in [0.3, 0.4) is 0 Å². The summed E-state index contributed by atoms with van der Waals surface area (Å²) in [4.78, 5) is 29.8. The summed E-state index contributed by atoms with van der Waals surface area (Å²) >= 11 is 0. The zero-order valence-corrected chi connectivity index (χ0v) is 15.0. The van der Waals surface area contributed by atoms with Gasteiger partial charge in [-0.15, -0.1) is 0 Å². The number of cyclic esters (lactones) is 1. The molecule has 142 valence electrons. The molecular weight excluding hydrogens is 362 g/mol. The van der Waals surface area contributed by atoms with Crippen LogP contribution < -0.4 is 11.3 Å². The molecule has 0 unspecified atom stereocenters. The Bertz CT molecular complexity index is 1260. The van der Waals surface area contributed by atoms with Crippen LogP contribution in [0.25, 0.3) is 22.3 Å². The molecule has 2 aromatic heterocycles. The molecule has 3 aromatic rings. The van der Waals surface area contributed by atoms with Gasteiger partial charge in [-0.05, 0) is 18.6 Å². The molecule has 1 atom stereocenters. The maximum atomic E-state index is 13.1. The second-order valence-corrected chi connectivity index (χ2v) is 7.20. The number of aromatic hydroxyl groups is 1. The second-order valence-electron chi connectivity index (χ2n) is 7.20. The van der Waals surface area contributed by atoms with Crippen molar-refractivity contribution in [1.29, 1.82) is 0 Å². The Morgan fingerprint density at radius 3 is 2.82 bits per heavy atom. The molecule has 4 N–H and O–H groups in total. The predicted octanol–water partition coefficient (Wildman–Crippen LogP) is 1.37. The Balaban J connectivity index is 1.81. The van der Waals surface area contributed by atoms with Crippen LogP contribution in [0.4, 0.5) is 5.69 Å². The Labute approximate surface area is 158 Å². The molecule has 0 fully saturated rings. The SMILES string of the molecule is CC[C@@]1(O)C(=O)OCc2c1cc1n(c2=O)Cc2cc3c(N)cc(O)cc3nc2-1. The summed E-state index contributed by atoms with van der Waals surface area (Å²) in [7, 11) is 0. The van der Waals surface area contributed by atoms with Crippen molar-refractivity contribution < 1.29 is 19.7 Å². The van der Waals surface area contributed by atoms with Gasteiger partial charge in [-0.3, -0.25) is 4.79 Å². The highest BCUT2D eigenvalue weighted by Crippen LogP contribution is 2.39. The third-order valence-electron chi connectivity index (χ3n) is 5.64. The number of benzene rings is 1. The fraction of sp³-hybridized carbons (Fsp3) is 0.250. The van der Waals surface area contributed by atoms with Crippen LogP contribution in [0.5, 0.6) is 5.75 Å². The van der Waals surface area contributed by atoms with Crippen LogP contribution in [-0.2, 0) is 28.3 Å². The van der Waals surface area contributed by atoms with E-state index in [0.717, 1.165) is 5.56 Å². The number of carbonyl (C=O) groups is 1. The van der Waals surface area contributed by atoms with Gasteiger partial charge in [0, 0.05) is 34.3 Å². The molecule has 0 aliphatic carbocycles. The number of nitrogens with zero attached hydrogens (tertiary/aromatic N) is 2. The van der Waals surface area contributed by atoms with E-state index in [1.54, 1.807) is 17.6 Å². The van der Waals surface area contributed by atoms with Gasteiger partial charge in [-0.1, -0.05) is 6.92 Å². The summed E-state index contributed by atoms with van der Waals surface area (Å²) in [6.45, 7) is 1.80. The van der Waals surface area contributed by atoms with Gasteiger partial charge < -0.3 is 25.3 Å². The minimum Gasteiger partial charge on any atom is -0.508 e. The van der Waals surface area contributed by atoms with Crippen molar-refractivity contribution >= 4 is 22.6 Å².